The Bertz CT molecular complexity index is 733. The van der Waals surface area contributed by atoms with Crippen molar-refractivity contribution in [3.05, 3.63) is 34.6 Å². The SMILES string of the molecule is O=C(O)CCn1c(N2CCCC2)nc2ccccc2c1=O. The molecule has 2 heterocycles. The van der Waals surface area contributed by atoms with Gasteiger partial charge in [-0.05, 0) is 25.0 Å². The standard InChI is InChI=1S/C15H17N3O3/c19-13(20)7-10-18-14(21)11-5-1-2-6-12(11)16-15(18)17-8-3-4-9-17/h1-2,5-6H,3-4,7-10H2,(H,19,20). The summed E-state index contributed by atoms with van der Waals surface area (Å²) in [6.45, 7) is 1.87. The van der Waals surface area contributed by atoms with Crippen LogP contribution in [0.2, 0.25) is 0 Å². The highest BCUT2D eigenvalue weighted by molar-refractivity contribution is 5.78. The van der Waals surface area contributed by atoms with Gasteiger partial charge in [-0.2, -0.15) is 0 Å². The molecule has 1 aliphatic heterocycles. The van der Waals surface area contributed by atoms with E-state index in [1.54, 1.807) is 12.1 Å². The van der Waals surface area contributed by atoms with Crippen molar-refractivity contribution in [1.82, 2.24) is 9.55 Å². The van der Waals surface area contributed by atoms with Gasteiger partial charge >= 0.3 is 5.97 Å². The molecule has 1 aromatic heterocycles. The smallest absolute Gasteiger partial charge is 0.305 e. The third kappa shape index (κ3) is 2.61. The summed E-state index contributed by atoms with van der Waals surface area (Å²) in [4.78, 5) is 30.1. The molecular formula is C15H17N3O3. The third-order valence-electron chi connectivity index (χ3n) is 3.78. The largest absolute Gasteiger partial charge is 0.481 e. The number of aromatic nitrogens is 2. The Morgan fingerprint density at radius 2 is 1.95 bits per heavy atom. The lowest BCUT2D eigenvalue weighted by molar-refractivity contribution is -0.137. The van der Waals surface area contributed by atoms with Crippen LogP contribution < -0.4 is 10.5 Å². The van der Waals surface area contributed by atoms with E-state index in [2.05, 4.69) is 9.88 Å². The number of nitrogens with zero attached hydrogens (tertiary/aromatic N) is 3. The number of aliphatic carboxylic acids is 1. The van der Waals surface area contributed by atoms with Crippen LogP contribution in [-0.2, 0) is 11.3 Å². The van der Waals surface area contributed by atoms with Gasteiger partial charge in [-0.15, -0.1) is 0 Å². The average Bonchev–Trinajstić information content (AvgIpc) is 3.00. The molecule has 0 bridgehead atoms. The van der Waals surface area contributed by atoms with E-state index in [1.807, 2.05) is 12.1 Å². The van der Waals surface area contributed by atoms with Gasteiger partial charge in [-0.25, -0.2) is 4.98 Å². The Balaban J connectivity index is 2.14. The van der Waals surface area contributed by atoms with E-state index in [9.17, 15) is 9.59 Å². The first kappa shape index (κ1) is 13.6. The van der Waals surface area contributed by atoms with Gasteiger partial charge in [0.1, 0.15) is 0 Å². The molecule has 0 saturated carbocycles. The first-order chi connectivity index (χ1) is 10.2. The first-order valence-corrected chi connectivity index (χ1v) is 7.13. The van der Waals surface area contributed by atoms with E-state index < -0.39 is 5.97 Å². The molecule has 0 aliphatic carbocycles. The van der Waals surface area contributed by atoms with Crippen molar-refractivity contribution in [2.75, 3.05) is 18.0 Å². The second-order valence-electron chi connectivity index (χ2n) is 5.22. The van der Waals surface area contributed by atoms with Gasteiger partial charge in [0.05, 0.1) is 17.3 Å². The van der Waals surface area contributed by atoms with Gasteiger partial charge in [-0.3, -0.25) is 14.2 Å². The minimum absolute atomic E-state index is 0.0826. The summed E-state index contributed by atoms with van der Waals surface area (Å²) in [5.41, 5.74) is 0.500. The molecule has 0 spiro atoms. The zero-order valence-corrected chi connectivity index (χ0v) is 11.7. The summed E-state index contributed by atoms with van der Waals surface area (Å²) >= 11 is 0. The normalized spacial score (nSPS) is 14.8. The number of carboxylic acid groups (broad SMARTS) is 1. The van der Waals surface area contributed by atoms with E-state index in [0.29, 0.717) is 16.9 Å². The molecule has 1 fully saturated rings. The monoisotopic (exact) mass is 287 g/mol. The molecule has 0 amide bonds. The summed E-state index contributed by atoms with van der Waals surface area (Å²) < 4.78 is 1.50. The number of hydrogen-bond donors (Lipinski definition) is 1. The molecule has 2 aromatic rings. The van der Waals surface area contributed by atoms with Crippen LogP contribution in [0.1, 0.15) is 19.3 Å². The summed E-state index contributed by atoms with van der Waals surface area (Å²) in [6.07, 6.45) is 2.06. The van der Waals surface area contributed by atoms with Crippen LogP contribution in [0.3, 0.4) is 0 Å². The summed E-state index contributed by atoms with van der Waals surface area (Å²) in [6, 6.07) is 7.19. The molecule has 0 atom stereocenters. The van der Waals surface area contributed by atoms with Gasteiger partial charge in [-0.1, -0.05) is 12.1 Å². The zero-order chi connectivity index (χ0) is 14.8. The van der Waals surface area contributed by atoms with E-state index in [-0.39, 0.29) is 18.5 Å². The van der Waals surface area contributed by atoms with Crippen LogP contribution in [0.25, 0.3) is 10.9 Å². The highest BCUT2D eigenvalue weighted by atomic mass is 16.4. The van der Waals surface area contributed by atoms with Crippen molar-refractivity contribution in [2.45, 2.75) is 25.8 Å². The van der Waals surface area contributed by atoms with Crippen molar-refractivity contribution in [3.8, 4) is 0 Å². The maximum Gasteiger partial charge on any atom is 0.305 e. The maximum absolute atomic E-state index is 12.6. The highest BCUT2D eigenvalue weighted by Gasteiger charge is 2.20. The predicted molar refractivity (Wildman–Crippen MR) is 79.7 cm³/mol. The molecule has 3 rings (SSSR count). The van der Waals surface area contributed by atoms with Gasteiger partial charge in [0, 0.05) is 19.6 Å². The van der Waals surface area contributed by atoms with Crippen molar-refractivity contribution in [1.29, 1.82) is 0 Å². The molecule has 1 N–H and O–H groups in total. The van der Waals surface area contributed by atoms with Gasteiger partial charge in [0.2, 0.25) is 5.95 Å². The number of benzene rings is 1. The molecule has 1 aromatic carbocycles. The number of fused-ring (bicyclic) bond motifs is 1. The fraction of sp³-hybridized carbons (Fsp3) is 0.400. The van der Waals surface area contributed by atoms with Gasteiger partial charge < -0.3 is 10.0 Å². The Kier molecular flexibility index (Phi) is 3.60. The fourth-order valence-corrected chi connectivity index (χ4v) is 2.72. The van der Waals surface area contributed by atoms with E-state index >= 15 is 0 Å². The Morgan fingerprint density at radius 3 is 2.67 bits per heavy atom. The number of para-hydroxylation sites is 1. The fourth-order valence-electron chi connectivity index (χ4n) is 2.72. The van der Waals surface area contributed by atoms with Crippen LogP contribution >= 0.6 is 0 Å². The summed E-state index contributed by atoms with van der Waals surface area (Å²) in [5.74, 6) is -0.320. The van der Waals surface area contributed by atoms with Crippen molar-refractivity contribution < 1.29 is 9.90 Å². The molecule has 6 nitrogen and oxygen atoms in total. The minimum Gasteiger partial charge on any atom is -0.481 e. The number of anilines is 1. The zero-order valence-electron chi connectivity index (χ0n) is 11.7. The second kappa shape index (κ2) is 5.55. The Labute approximate surface area is 121 Å². The van der Waals surface area contributed by atoms with Crippen LogP contribution in [0.5, 0.6) is 0 Å². The van der Waals surface area contributed by atoms with Gasteiger partial charge in [0.15, 0.2) is 0 Å². The first-order valence-electron chi connectivity index (χ1n) is 7.13. The summed E-state index contributed by atoms with van der Waals surface area (Å²) in [5, 5.41) is 9.42. The lowest BCUT2D eigenvalue weighted by atomic mass is 10.2. The molecule has 110 valence electrons. The molecule has 1 aliphatic rings. The summed E-state index contributed by atoms with van der Waals surface area (Å²) in [7, 11) is 0. The van der Waals surface area contributed by atoms with E-state index in [1.165, 1.54) is 4.57 Å². The molecule has 21 heavy (non-hydrogen) atoms. The molecular weight excluding hydrogens is 270 g/mol. The van der Waals surface area contributed by atoms with E-state index in [4.69, 9.17) is 5.11 Å². The number of hydrogen-bond acceptors (Lipinski definition) is 4. The number of rotatable bonds is 4. The minimum atomic E-state index is -0.914. The topological polar surface area (TPSA) is 75.4 Å². The lowest BCUT2D eigenvalue weighted by Crippen LogP contribution is -2.31. The quantitative estimate of drug-likeness (QED) is 0.921. The predicted octanol–water partition coefficient (Wildman–Crippen LogP) is 1.47. The van der Waals surface area contributed by atoms with Crippen molar-refractivity contribution in [3.63, 3.8) is 0 Å². The molecule has 0 unspecified atom stereocenters. The number of carbonyl (C=O) groups is 1. The van der Waals surface area contributed by atoms with Crippen LogP contribution in [0, 0.1) is 0 Å². The van der Waals surface area contributed by atoms with Gasteiger partial charge in [0.25, 0.3) is 5.56 Å². The number of carboxylic acids is 1. The Hall–Kier alpha value is -2.37. The van der Waals surface area contributed by atoms with Crippen LogP contribution in [0.4, 0.5) is 5.95 Å². The second-order valence-corrected chi connectivity index (χ2v) is 5.22. The Morgan fingerprint density at radius 1 is 1.24 bits per heavy atom. The lowest BCUT2D eigenvalue weighted by Gasteiger charge is -2.21. The average molecular weight is 287 g/mol. The highest BCUT2D eigenvalue weighted by Crippen LogP contribution is 2.19. The molecule has 6 heteroatoms. The molecule has 0 radical (unpaired) electrons. The van der Waals surface area contributed by atoms with Crippen molar-refractivity contribution >= 4 is 22.8 Å². The maximum atomic E-state index is 12.6. The van der Waals surface area contributed by atoms with Crippen molar-refractivity contribution in [2.24, 2.45) is 0 Å². The van der Waals surface area contributed by atoms with Crippen LogP contribution in [0.15, 0.2) is 29.1 Å². The van der Waals surface area contributed by atoms with Crippen LogP contribution in [-0.4, -0.2) is 33.7 Å². The molecule has 1 saturated heterocycles. The third-order valence-corrected chi connectivity index (χ3v) is 3.78. The van der Waals surface area contributed by atoms with E-state index in [0.717, 1.165) is 25.9 Å².